The second-order valence-corrected chi connectivity index (χ2v) is 8.46. The number of imidazole rings is 1. The fraction of sp³-hybridized carbons (Fsp3) is 0.269. The smallest absolute Gasteiger partial charge is 0.163 e. The number of benzene rings is 2. The lowest BCUT2D eigenvalue weighted by Crippen LogP contribution is -2.09. The molecule has 0 bridgehead atoms. The molecule has 34 heavy (non-hydrogen) atoms. The highest BCUT2D eigenvalue weighted by Crippen LogP contribution is 2.47. The monoisotopic (exact) mass is 460 g/mol. The molecule has 5 rings (SSSR count). The number of carbonyl (C=O) groups excluding carboxylic acids is 1. The highest BCUT2D eigenvalue weighted by molar-refractivity contribution is 5.76. The Morgan fingerprint density at radius 2 is 2.12 bits per heavy atom. The number of hydrogen-bond acceptors (Lipinski definition) is 6. The summed E-state index contributed by atoms with van der Waals surface area (Å²) in [5.41, 5.74) is 3.78. The Morgan fingerprint density at radius 1 is 1.26 bits per heavy atom. The van der Waals surface area contributed by atoms with Crippen molar-refractivity contribution in [2.45, 2.75) is 38.7 Å². The molecule has 2 unspecified atom stereocenters. The molecule has 3 heterocycles. The summed E-state index contributed by atoms with van der Waals surface area (Å²) in [6.07, 6.45) is 3.15. The van der Waals surface area contributed by atoms with Crippen LogP contribution >= 0.6 is 0 Å². The number of fused-ring (bicyclic) bond motifs is 2. The number of carbonyl (C=O) groups is 1. The third kappa shape index (κ3) is 3.85. The van der Waals surface area contributed by atoms with Gasteiger partial charge >= 0.3 is 0 Å². The Hall–Kier alpha value is -3.94. The molecule has 4 aromatic rings. The highest BCUT2D eigenvalue weighted by Gasteiger charge is 2.35. The lowest BCUT2D eigenvalue weighted by Gasteiger charge is -2.14. The first-order valence-electron chi connectivity index (χ1n) is 11.2. The van der Waals surface area contributed by atoms with Crippen molar-refractivity contribution in [3.63, 3.8) is 0 Å². The maximum atomic E-state index is 14.0. The summed E-state index contributed by atoms with van der Waals surface area (Å²) in [6, 6.07) is 10.7. The van der Waals surface area contributed by atoms with Crippen LogP contribution < -0.4 is 14.8 Å². The van der Waals surface area contributed by atoms with Gasteiger partial charge in [-0.05, 0) is 49.2 Å². The Bertz CT molecular complexity index is 1350. The Balaban J connectivity index is 1.42. The molecule has 0 saturated carbocycles. The van der Waals surface area contributed by atoms with Crippen molar-refractivity contribution in [1.82, 2.24) is 15.0 Å². The molecule has 0 spiro atoms. The zero-order valence-corrected chi connectivity index (χ0v) is 19.2. The molecule has 0 amide bonds. The fourth-order valence-corrected chi connectivity index (χ4v) is 4.40. The number of aromatic nitrogens is 3. The number of pyridine rings is 1. The summed E-state index contributed by atoms with van der Waals surface area (Å²) in [5.74, 6) is 3.16. The number of ether oxygens (including phenoxy) is 2. The van der Waals surface area contributed by atoms with E-state index in [1.165, 1.54) is 6.07 Å². The normalized spacial score (nSPS) is 16.8. The van der Waals surface area contributed by atoms with Gasteiger partial charge in [-0.25, -0.2) is 14.4 Å². The van der Waals surface area contributed by atoms with Gasteiger partial charge in [0.15, 0.2) is 6.10 Å². The summed E-state index contributed by atoms with van der Waals surface area (Å²) in [7, 11) is 1.79. The van der Waals surface area contributed by atoms with Crippen LogP contribution in [0.3, 0.4) is 0 Å². The minimum Gasteiger partial charge on any atom is -0.482 e. The molecular weight excluding hydrogens is 435 g/mol. The van der Waals surface area contributed by atoms with E-state index in [0.717, 1.165) is 28.7 Å². The molecular formula is C26H25FN4O3. The van der Waals surface area contributed by atoms with Crippen LogP contribution in [0.1, 0.15) is 47.9 Å². The number of aryl methyl sites for hydroxylation is 1. The summed E-state index contributed by atoms with van der Waals surface area (Å²) in [6.45, 7) is 3.80. The summed E-state index contributed by atoms with van der Waals surface area (Å²) in [4.78, 5) is 23.1. The van der Waals surface area contributed by atoms with E-state index in [4.69, 9.17) is 9.47 Å². The lowest BCUT2D eigenvalue weighted by atomic mass is 9.97. The average Bonchev–Trinajstić information content (AvgIpc) is 3.38. The van der Waals surface area contributed by atoms with Crippen molar-refractivity contribution < 1.29 is 18.7 Å². The zero-order valence-electron chi connectivity index (χ0n) is 19.2. The van der Waals surface area contributed by atoms with Gasteiger partial charge in [-0.1, -0.05) is 6.92 Å². The van der Waals surface area contributed by atoms with Crippen molar-refractivity contribution in [3.8, 4) is 17.2 Å². The molecule has 1 aliphatic heterocycles. The van der Waals surface area contributed by atoms with Crippen LogP contribution in [0.25, 0.3) is 11.0 Å². The van der Waals surface area contributed by atoms with E-state index in [1.54, 1.807) is 32.3 Å². The topological polar surface area (TPSA) is 89.1 Å². The standard InChI is InChI=1S/C26H25FN4O3/c1-14-11-20-21(13-19(14)27)31-26(30-20)24-15(2)18-12-16(6-7-22(18)34-24)33-23-8-9-29-25(28-3)17(23)5-4-10-32/h6-13,15,24H,4-5H2,1-3H3,(H,28,29)(H,30,31). The van der Waals surface area contributed by atoms with Gasteiger partial charge in [-0.3, -0.25) is 0 Å². The number of nitrogens with one attached hydrogen (secondary N) is 2. The molecule has 7 nitrogen and oxygen atoms in total. The van der Waals surface area contributed by atoms with Gasteiger partial charge < -0.3 is 24.6 Å². The summed E-state index contributed by atoms with van der Waals surface area (Å²) in [5, 5.41) is 3.06. The molecule has 0 radical (unpaired) electrons. The largest absolute Gasteiger partial charge is 0.482 e. The molecule has 8 heteroatoms. The second kappa shape index (κ2) is 8.78. The number of hydrogen-bond donors (Lipinski definition) is 2. The van der Waals surface area contributed by atoms with Crippen LogP contribution in [-0.2, 0) is 11.2 Å². The minimum absolute atomic E-state index is 0.00454. The summed E-state index contributed by atoms with van der Waals surface area (Å²) >= 11 is 0. The molecule has 174 valence electrons. The quantitative estimate of drug-likeness (QED) is 0.349. The summed E-state index contributed by atoms with van der Waals surface area (Å²) < 4.78 is 26.4. The van der Waals surface area contributed by atoms with E-state index in [1.807, 2.05) is 18.2 Å². The van der Waals surface area contributed by atoms with Crippen LogP contribution in [-0.4, -0.2) is 28.3 Å². The third-order valence-corrected chi connectivity index (χ3v) is 6.22. The van der Waals surface area contributed by atoms with E-state index >= 15 is 0 Å². The van der Waals surface area contributed by atoms with Gasteiger partial charge in [0.25, 0.3) is 0 Å². The van der Waals surface area contributed by atoms with Crippen molar-refractivity contribution >= 4 is 23.1 Å². The van der Waals surface area contributed by atoms with Gasteiger partial charge in [-0.15, -0.1) is 0 Å². The number of aromatic amines is 1. The van der Waals surface area contributed by atoms with E-state index in [2.05, 4.69) is 27.2 Å². The van der Waals surface area contributed by atoms with Crippen molar-refractivity contribution in [1.29, 1.82) is 0 Å². The van der Waals surface area contributed by atoms with Crippen LogP contribution in [0.15, 0.2) is 42.6 Å². The average molecular weight is 461 g/mol. The first-order valence-corrected chi connectivity index (χ1v) is 11.2. The molecule has 0 saturated heterocycles. The fourth-order valence-electron chi connectivity index (χ4n) is 4.40. The van der Waals surface area contributed by atoms with Crippen LogP contribution in [0.4, 0.5) is 10.2 Å². The number of halogens is 1. The highest BCUT2D eigenvalue weighted by atomic mass is 19.1. The van der Waals surface area contributed by atoms with Gasteiger partial charge in [0.1, 0.15) is 41.0 Å². The first kappa shape index (κ1) is 21.9. The predicted octanol–water partition coefficient (Wildman–Crippen LogP) is 5.61. The van der Waals surface area contributed by atoms with E-state index in [9.17, 15) is 9.18 Å². The van der Waals surface area contributed by atoms with Crippen molar-refractivity contribution in [2.24, 2.45) is 0 Å². The molecule has 2 atom stereocenters. The third-order valence-electron chi connectivity index (χ3n) is 6.22. The molecule has 2 N–H and O–H groups in total. The Kier molecular flexibility index (Phi) is 5.65. The van der Waals surface area contributed by atoms with Crippen LogP contribution in [0.5, 0.6) is 17.2 Å². The van der Waals surface area contributed by atoms with Gasteiger partial charge in [0.05, 0.1) is 11.0 Å². The predicted molar refractivity (Wildman–Crippen MR) is 127 cm³/mol. The maximum Gasteiger partial charge on any atom is 0.163 e. The van der Waals surface area contributed by atoms with Gasteiger partial charge in [0.2, 0.25) is 0 Å². The van der Waals surface area contributed by atoms with Gasteiger partial charge in [-0.2, -0.15) is 0 Å². The molecule has 0 fully saturated rings. The van der Waals surface area contributed by atoms with E-state index in [-0.39, 0.29) is 17.8 Å². The number of nitrogens with zero attached hydrogens (tertiary/aromatic N) is 2. The number of anilines is 1. The zero-order chi connectivity index (χ0) is 23.8. The molecule has 2 aromatic carbocycles. The number of H-pyrrole nitrogens is 1. The SMILES string of the molecule is CNc1nccc(Oc2ccc3c(c2)C(C)C(c2nc4cc(F)c(C)cc4[nH]2)O3)c1CCC=O. The second-order valence-electron chi connectivity index (χ2n) is 8.46. The van der Waals surface area contributed by atoms with Crippen molar-refractivity contribution in [3.05, 3.63) is 70.9 Å². The Labute approximate surface area is 196 Å². The van der Waals surface area contributed by atoms with Crippen LogP contribution in [0.2, 0.25) is 0 Å². The maximum absolute atomic E-state index is 14.0. The van der Waals surface area contributed by atoms with E-state index in [0.29, 0.717) is 47.1 Å². The number of aldehydes is 1. The lowest BCUT2D eigenvalue weighted by molar-refractivity contribution is -0.107. The molecule has 1 aliphatic rings. The van der Waals surface area contributed by atoms with E-state index < -0.39 is 0 Å². The first-order chi connectivity index (χ1) is 16.5. The van der Waals surface area contributed by atoms with Gasteiger partial charge in [0, 0.05) is 42.8 Å². The van der Waals surface area contributed by atoms with Crippen molar-refractivity contribution in [2.75, 3.05) is 12.4 Å². The number of rotatable bonds is 7. The Morgan fingerprint density at radius 3 is 2.91 bits per heavy atom. The molecule has 2 aromatic heterocycles. The minimum atomic E-state index is -0.319. The van der Waals surface area contributed by atoms with Crippen LogP contribution in [0, 0.1) is 12.7 Å². The molecule has 0 aliphatic carbocycles.